The smallest absolute Gasteiger partial charge is 0.457 e. The van der Waals surface area contributed by atoms with Crippen LogP contribution in [0, 0.1) is 6.92 Å². The maximum Gasteiger partial charge on any atom is 0.573 e. The predicted octanol–water partition coefficient (Wildman–Crippen LogP) is 4.50. The molecule has 0 unspecified atom stereocenters. The Kier molecular flexibility index (Phi) is 4.16. The highest BCUT2D eigenvalue weighted by molar-refractivity contribution is 5.75. The van der Waals surface area contributed by atoms with Gasteiger partial charge in [-0.2, -0.15) is 0 Å². The molecule has 3 nitrogen and oxygen atoms in total. The van der Waals surface area contributed by atoms with Gasteiger partial charge < -0.3 is 9.47 Å². The summed E-state index contributed by atoms with van der Waals surface area (Å²) in [6.45, 7) is 1.77. The van der Waals surface area contributed by atoms with Gasteiger partial charge in [-0.25, -0.2) is 0 Å². The van der Waals surface area contributed by atoms with E-state index in [1.807, 2.05) is 0 Å². The van der Waals surface area contributed by atoms with Crippen LogP contribution in [0.25, 0.3) is 0 Å². The summed E-state index contributed by atoms with van der Waals surface area (Å²) in [6, 6.07) is 9.94. The van der Waals surface area contributed by atoms with Crippen molar-refractivity contribution >= 4 is 6.29 Å². The first-order chi connectivity index (χ1) is 9.87. The van der Waals surface area contributed by atoms with Gasteiger partial charge in [-0.15, -0.1) is 13.2 Å². The first kappa shape index (κ1) is 14.9. The van der Waals surface area contributed by atoms with Gasteiger partial charge in [-0.3, -0.25) is 4.79 Å². The molecule has 6 heteroatoms. The van der Waals surface area contributed by atoms with Crippen LogP contribution < -0.4 is 9.47 Å². The molecular weight excluding hydrogens is 285 g/mol. The molecule has 0 aliphatic carbocycles. The number of aldehydes is 1. The number of rotatable bonds is 4. The third-order valence-electron chi connectivity index (χ3n) is 2.62. The van der Waals surface area contributed by atoms with Crippen molar-refractivity contribution in [3.8, 4) is 17.2 Å². The van der Waals surface area contributed by atoms with Crippen LogP contribution in [0.4, 0.5) is 13.2 Å². The van der Waals surface area contributed by atoms with Gasteiger partial charge in [0.2, 0.25) is 0 Å². The van der Waals surface area contributed by atoms with Gasteiger partial charge in [-0.1, -0.05) is 0 Å². The number of halogens is 3. The van der Waals surface area contributed by atoms with E-state index in [0.29, 0.717) is 17.1 Å². The molecule has 0 atom stereocenters. The summed E-state index contributed by atoms with van der Waals surface area (Å²) >= 11 is 0. The van der Waals surface area contributed by atoms with Gasteiger partial charge in [0.05, 0.1) is 0 Å². The Bertz CT molecular complexity index is 634. The van der Waals surface area contributed by atoms with E-state index in [1.54, 1.807) is 25.1 Å². The quantitative estimate of drug-likeness (QED) is 0.779. The Morgan fingerprint density at radius 3 is 2.14 bits per heavy atom. The Morgan fingerprint density at radius 1 is 1.00 bits per heavy atom. The van der Waals surface area contributed by atoms with Crippen LogP contribution in [0.5, 0.6) is 17.2 Å². The second kappa shape index (κ2) is 5.87. The van der Waals surface area contributed by atoms with Gasteiger partial charge in [0.15, 0.2) is 0 Å². The van der Waals surface area contributed by atoms with E-state index in [9.17, 15) is 18.0 Å². The van der Waals surface area contributed by atoms with Crippen LogP contribution in [-0.2, 0) is 0 Å². The zero-order valence-electron chi connectivity index (χ0n) is 11.0. The summed E-state index contributed by atoms with van der Waals surface area (Å²) in [7, 11) is 0. The fraction of sp³-hybridized carbons (Fsp3) is 0.133. The number of hydrogen-bond acceptors (Lipinski definition) is 3. The molecule has 2 aromatic carbocycles. The number of carbonyl (C=O) groups is 1. The fourth-order valence-corrected chi connectivity index (χ4v) is 1.70. The van der Waals surface area contributed by atoms with E-state index >= 15 is 0 Å². The minimum Gasteiger partial charge on any atom is -0.457 e. The monoisotopic (exact) mass is 296 g/mol. The molecule has 0 radical (unpaired) electrons. The Labute approximate surface area is 118 Å². The molecule has 0 aliphatic rings. The van der Waals surface area contributed by atoms with Gasteiger partial charge >= 0.3 is 6.36 Å². The van der Waals surface area contributed by atoms with Crippen molar-refractivity contribution in [2.45, 2.75) is 13.3 Å². The molecule has 0 heterocycles. The molecule has 0 spiro atoms. The van der Waals surface area contributed by atoms with E-state index in [1.165, 1.54) is 12.1 Å². The summed E-state index contributed by atoms with van der Waals surface area (Å²) < 4.78 is 45.4. The Hall–Kier alpha value is -2.50. The SMILES string of the molecule is Cc1cc(C=O)ccc1Oc1ccc(OC(F)(F)F)cc1. The van der Waals surface area contributed by atoms with Crippen LogP contribution in [0.15, 0.2) is 42.5 Å². The highest BCUT2D eigenvalue weighted by atomic mass is 19.4. The number of hydrogen-bond donors (Lipinski definition) is 0. The number of ether oxygens (including phenoxy) is 2. The zero-order chi connectivity index (χ0) is 15.5. The fourth-order valence-electron chi connectivity index (χ4n) is 1.70. The molecule has 0 aromatic heterocycles. The molecular formula is C15H11F3O3. The first-order valence-electron chi connectivity index (χ1n) is 5.97. The van der Waals surface area contributed by atoms with E-state index < -0.39 is 6.36 Å². The Morgan fingerprint density at radius 2 is 1.62 bits per heavy atom. The number of carbonyl (C=O) groups excluding carboxylic acids is 1. The van der Waals surface area contributed by atoms with E-state index in [2.05, 4.69) is 4.74 Å². The highest BCUT2D eigenvalue weighted by Gasteiger charge is 2.30. The van der Waals surface area contributed by atoms with Crippen molar-refractivity contribution in [2.75, 3.05) is 0 Å². The largest absolute Gasteiger partial charge is 0.573 e. The number of alkyl halides is 3. The van der Waals surface area contributed by atoms with Crippen molar-refractivity contribution in [1.82, 2.24) is 0 Å². The molecule has 2 rings (SSSR count). The van der Waals surface area contributed by atoms with E-state index in [0.717, 1.165) is 24.0 Å². The van der Waals surface area contributed by atoms with Gasteiger partial charge in [0.25, 0.3) is 0 Å². The third-order valence-corrected chi connectivity index (χ3v) is 2.62. The second-order valence-corrected chi connectivity index (χ2v) is 4.26. The zero-order valence-corrected chi connectivity index (χ0v) is 11.0. The van der Waals surface area contributed by atoms with Gasteiger partial charge in [0, 0.05) is 5.56 Å². The summed E-state index contributed by atoms with van der Waals surface area (Å²) in [4.78, 5) is 10.6. The summed E-state index contributed by atoms with van der Waals surface area (Å²) in [6.07, 6.45) is -4.00. The molecule has 0 fully saturated rings. The van der Waals surface area contributed by atoms with E-state index in [4.69, 9.17) is 4.74 Å². The topological polar surface area (TPSA) is 35.5 Å². The summed E-state index contributed by atoms with van der Waals surface area (Å²) in [5.74, 6) is 0.569. The predicted molar refractivity (Wildman–Crippen MR) is 69.8 cm³/mol. The van der Waals surface area contributed by atoms with Gasteiger partial charge in [-0.05, 0) is 55.0 Å². The van der Waals surface area contributed by atoms with Crippen LogP contribution in [0.1, 0.15) is 15.9 Å². The van der Waals surface area contributed by atoms with Crippen molar-refractivity contribution in [2.24, 2.45) is 0 Å². The lowest BCUT2D eigenvalue weighted by atomic mass is 10.1. The molecule has 0 amide bonds. The van der Waals surface area contributed by atoms with Crippen LogP contribution in [0.3, 0.4) is 0 Å². The maximum absolute atomic E-state index is 12.0. The molecule has 0 saturated carbocycles. The van der Waals surface area contributed by atoms with Crippen LogP contribution >= 0.6 is 0 Å². The van der Waals surface area contributed by atoms with Crippen molar-refractivity contribution in [3.63, 3.8) is 0 Å². The molecule has 2 aromatic rings. The minimum absolute atomic E-state index is 0.317. The lowest BCUT2D eigenvalue weighted by Crippen LogP contribution is -2.16. The molecule has 21 heavy (non-hydrogen) atoms. The summed E-state index contributed by atoms with van der Waals surface area (Å²) in [5.41, 5.74) is 1.27. The average molecular weight is 296 g/mol. The lowest BCUT2D eigenvalue weighted by molar-refractivity contribution is -0.274. The first-order valence-corrected chi connectivity index (χ1v) is 5.97. The van der Waals surface area contributed by atoms with Crippen LogP contribution in [-0.4, -0.2) is 12.6 Å². The number of benzene rings is 2. The Balaban J connectivity index is 2.11. The average Bonchev–Trinajstić information content (AvgIpc) is 2.41. The highest BCUT2D eigenvalue weighted by Crippen LogP contribution is 2.29. The lowest BCUT2D eigenvalue weighted by Gasteiger charge is -2.11. The maximum atomic E-state index is 12.0. The molecule has 110 valence electrons. The van der Waals surface area contributed by atoms with Crippen molar-refractivity contribution < 1.29 is 27.4 Å². The molecule has 0 N–H and O–H groups in total. The number of aryl methyl sites for hydroxylation is 1. The van der Waals surface area contributed by atoms with Gasteiger partial charge in [0.1, 0.15) is 23.5 Å². The molecule has 0 aliphatic heterocycles. The third kappa shape index (κ3) is 4.24. The standard InChI is InChI=1S/C15H11F3O3/c1-10-8-11(9-19)2-7-14(10)20-12-3-5-13(6-4-12)21-15(16,17)18/h2-9H,1H3. The van der Waals surface area contributed by atoms with Crippen LogP contribution in [0.2, 0.25) is 0 Å². The van der Waals surface area contributed by atoms with E-state index in [-0.39, 0.29) is 5.75 Å². The minimum atomic E-state index is -4.72. The van der Waals surface area contributed by atoms with Crippen molar-refractivity contribution in [1.29, 1.82) is 0 Å². The normalized spacial score (nSPS) is 11.0. The molecule has 0 bridgehead atoms. The summed E-state index contributed by atoms with van der Waals surface area (Å²) in [5, 5.41) is 0. The molecule has 0 saturated heterocycles. The van der Waals surface area contributed by atoms with Crippen molar-refractivity contribution in [3.05, 3.63) is 53.6 Å². The second-order valence-electron chi connectivity index (χ2n) is 4.26.